The summed E-state index contributed by atoms with van der Waals surface area (Å²) in [5.41, 5.74) is 2.14. The molecule has 1 aromatic carbocycles. The van der Waals surface area contributed by atoms with E-state index >= 15 is 0 Å². The number of sulfonamides is 1. The Morgan fingerprint density at radius 1 is 1.08 bits per heavy atom. The Morgan fingerprint density at radius 3 is 2.36 bits per heavy atom. The van der Waals surface area contributed by atoms with Crippen molar-refractivity contribution in [3.8, 4) is 16.9 Å². The highest BCUT2D eigenvalue weighted by molar-refractivity contribution is 7.90. The maximum Gasteiger partial charge on any atom is 0.214 e. The van der Waals surface area contributed by atoms with Crippen LogP contribution in [0.2, 0.25) is 0 Å². The molecule has 134 valence electrons. The van der Waals surface area contributed by atoms with Gasteiger partial charge in [-0.05, 0) is 49.2 Å². The SMILES string of the molecule is CC(C)S(=O)(=O)N[C@@H]1COC[C@@H]1Oc1ccc(-c2ccncc2)cc1. The first-order chi connectivity index (χ1) is 12.0. The van der Waals surface area contributed by atoms with Crippen LogP contribution in [0.25, 0.3) is 11.1 Å². The van der Waals surface area contributed by atoms with Crippen molar-refractivity contribution in [3.05, 3.63) is 48.8 Å². The second-order valence-corrected chi connectivity index (χ2v) is 8.54. The first-order valence-corrected chi connectivity index (χ1v) is 9.76. The summed E-state index contributed by atoms with van der Waals surface area (Å²) in [5.74, 6) is 0.682. The van der Waals surface area contributed by atoms with Crippen molar-refractivity contribution in [2.24, 2.45) is 0 Å². The molecule has 0 amide bonds. The van der Waals surface area contributed by atoms with Gasteiger partial charge in [0.25, 0.3) is 0 Å². The lowest BCUT2D eigenvalue weighted by Crippen LogP contribution is -2.47. The fourth-order valence-corrected chi connectivity index (χ4v) is 3.47. The number of benzene rings is 1. The summed E-state index contributed by atoms with van der Waals surface area (Å²) < 4.78 is 38.1. The van der Waals surface area contributed by atoms with E-state index in [0.717, 1.165) is 11.1 Å². The molecule has 1 aliphatic heterocycles. The minimum Gasteiger partial charge on any atom is -0.486 e. The van der Waals surface area contributed by atoms with Crippen LogP contribution in [0.15, 0.2) is 48.8 Å². The third-order valence-electron chi connectivity index (χ3n) is 4.12. The van der Waals surface area contributed by atoms with Gasteiger partial charge in [-0.15, -0.1) is 0 Å². The van der Waals surface area contributed by atoms with Gasteiger partial charge in [0, 0.05) is 12.4 Å². The number of nitrogens with zero attached hydrogens (tertiary/aromatic N) is 1. The second kappa shape index (κ2) is 7.51. The van der Waals surface area contributed by atoms with E-state index < -0.39 is 15.3 Å². The summed E-state index contributed by atoms with van der Waals surface area (Å²) in [4.78, 5) is 4.01. The Bertz CT molecular complexity index is 792. The molecular weight excluding hydrogens is 340 g/mol. The Kier molecular flexibility index (Phi) is 5.36. The summed E-state index contributed by atoms with van der Waals surface area (Å²) in [6.45, 7) is 3.96. The van der Waals surface area contributed by atoms with Gasteiger partial charge in [-0.3, -0.25) is 4.98 Å². The van der Waals surface area contributed by atoms with Gasteiger partial charge >= 0.3 is 0 Å². The summed E-state index contributed by atoms with van der Waals surface area (Å²) >= 11 is 0. The molecule has 1 fully saturated rings. The van der Waals surface area contributed by atoms with Gasteiger partial charge in [0.2, 0.25) is 10.0 Å². The molecule has 1 aliphatic rings. The summed E-state index contributed by atoms with van der Waals surface area (Å²) in [7, 11) is -3.37. The second-order valence-electron chi connectivity index (χ2n) is 6.27. The largest absolute Gasteiger partial charge is 0.486 e. The van der Waals surface area contributed by atoms with Gasteiger partial charge in [-0.25, -0.2) is 13.1 Å². The lowest BCUT2D eigenvalue weighted by molar-refractivity contribution is 0.140. The van der Waals surface area contributed by atoms with Crippen LogP contribution in [0.3, 0.4) is 0 Å². The van der Waals surface area contributed by atoms with Crippen molar-refractivity contribution in [2.45, 2.75) is 31.2 Å². The number of pyridine rings is 1. The molecule has 2 aromatic rings. The Morgan fingerprint density at radius 2 is 1.72 bits per heavy atom. The monoisotopic (exact) mass is 362 g/mol. The highest BCUT2D eigenvalue weighted by Gasteiger charge is 2.34. The Labute approximate surface area is 148 Å². The summed E-state index contributed by atoms with van der Waals surface area (Å²) in [5, 5.41) is -0.492. The number of hydrogen-bond donors (Lipinski definition) is 1. The quantitative estimate of drug-likeness (QED) is 0.853. The summed E-state index contributed by atoms with van der Waals surface area (Å²) in [6, 6.07) is 11.2. The third kappa shape index (κ3) is 4.36. The smallest absolute Gasteiger partial charge is 0.214 e. The zero-order chi connectivity index (χ0) is 17.9. The molecule has 0 saturated carbocycles. The van der Waals surface area contributed by atoms with Crippen molar-refractivity contribution in [1.82, 2.24) is 9.71 Å². The van der Waals surface area contributed by atoms with Crippen molar-refractivity contribution in [3.63, 3.8) is 0 Å². The number of nitrogens with one attached hydrogen (secondary N) is 1. The van der Waals surface area contributed by atoms with Crippen LogP contribution in [0.4, 0.5) is 0 Å². The highest BCUT2D eigenvalue weighted by atomic mass is 32.2. The van der Waals surface area contributed by atoms with Gasteiger partial charge in [0.15, 0.2) is 0 Å². The van der Waals surface area contributed by atoms with Gasteiger partial charge in [-0.1, -0.05) is 12.1 Å². The average Bonchev–Trinajstić information content (AvgIpc) is 3.02. The molecule has 0 bridgehead atoms. The zero-order valence-corrected chi connectivity index (χ0v) is 15.1. The first kappa shape index (κ1) is 17.8. The van der Waals surface area contributed by atoms with Crippen LogP contribution in [-0.4, -0.2) is 44.0 Å². The lowest BCUT2D eigenvalue weighted by atomic mass is 10.1. The van der Waals surface area contributed by atoms with Gasteiger partial charge in [0.1, 0.15) is 11.9 Å². The molecule has 7 heteroatoms. The van der Waals surface area contributed by atoms with Crippen LogP contribution in [0, 0.1) is 0 Å². The van der Waals surface area contributed by atoms with Gasteiger partial charge < -0.3 is 9.47 Å². The number of aromatic nitrogens is 1. The standard InChI is InChI=1S/C18H22N2O4S/c1-13(2)25(21,22)20-17-11-23-12-18(17)24-16-5-3-14(4-6-16)15-7-9-19-10-8-15/h3-10,13,17-18,20H,11-12H2,1-2H3/t17-,18+/m1/s1. The van der Waals surface area contributed by atoms with Crippen LogP contribution in [-0.2, 0) is 14.8 Å². The van der Waals surface area contributed by atoms with E-state index in [4.69, 9.17) is 9.47 Å². The maximum atomic E-state index is 12.1. The van der Waals surface area contributed by atoms with Gasteiger partial charge in [-0.2, -0.15) is 0 Å². The van der Waals surface area contributed by atoms with Crippen LogP contribution in [0.5, 0.6) is 5.75 Å². The Hall–Kier alpha value is -1.96. The molecule has 2 atom stereocenters. The van der Waals surface area contributed by atoms with Crippen LogP contribution in [0.1, 0.15) is 13.8 Å². The van der Waals surface area contributed by atoms with Crippen molar-refractivity contribution >= 4 is 10.0 Å². The molecule has 3 rings (SSSR count). The first-order valence-electron chi connectivity index (χ1n) is 8.22. The van der Waals surface area contributed by atoms with Gasteiger partial charge in [0.05, 0.1) is 24.5 Å². The molecule has 1 aromatic heterocycles. The molecule has 25 heavy (non-hydrogen) atoms. The fraction of sp³-hybridized carbons (Fsp3) is 0.389. The topological polar surface area (TPSA) is 77.5 Å². The van der Waals surface area contributed by atoms with E-state index in [1.54, 1.807) is 26.2 Å². The average molecular weight is 362 g/mol. The van der Waals surface area contributed by atoms with Crippen LogP contribution >= 0.6 is 0 Å². The number of ether oxygens (including phenoxy) is 2. The highest BCUT2D eigenvalue weighted by Crippen LogP contribution is 2.24. The Balaban J connectivity index is 1.67. The summed E-state index contributed by atoms with van der Waals surface area (Å²) in [6.07, 6.45) is 3.16. The van der Waals surface area contributed by atoms with E-state index in [9.17, 15) is 8.42 Å². The van der Waals surface area contributed by atoms with Crippen molar-refractivity contribution in [2.75, 3.05) is 13.2 Å². The van der Waals surface area contributed by atoms with Crippen LogP contribution < -0.4 is 9.46 Å². The third-order valence-corrected chi connectivity index (χ3v) is 5.99. The van der Waals surface area contributed by atoms with Crippen molar-refractivity contribution < 1.29 is 17.9 Å². The number of rotatable bonds is 6. The van der Waals surface area contributed by atoms with Crippen molar-refractivity contribution in [1.29, 1.82) is 0 Å². The molecule has 0 radical (unpaired) electrons. The van der Waals surface area contributed by atoms with E-state index in [1.165, 1.54) is 0 Å². The lowest BCUT2D eigenvalue weighted by Gasteiger charge is -2.21. The molecule has 6 nitrogen and oxygen atoms in total. The predicted octanol–water partition coefficient (Wildman–Crippen LogP) is 2.22. The maximum absolute atomic E-state index is 12.1. The fourth-order valence-electron chi connectivity index (χ4n) is 2.55. The molecule has 0 aliphatic carbocycles. The molecular formula is C18H22N2O4S. The minimum atomic E-state index is -3.37. The molecule has 0 unspecified atom stereocenters. The zero-order valence-electron chi connectivity index (χ0n) is 14.3. The predicted molar refractivity (Wildman–Crippen MR) is 95.9 cm³/mol. The number of hydrogen-bond acceptors (Lipinski definition) is 5. The minimum absolute atomic E-state index is 0.311. The van der Waals surface area contributed by atoms with E-state index in [0.29, 0.717) is 19.0 Å². The molecule has 1 saturated heterocycles. The molecule has 1 N–H and O–H groups in total. The van der Waals surface area contributed by atoms with E-state index in [1.807, 2.05) is 36.4 Å². The normalized spacial score (nSPS) is 20.8. The molecule has 2 heterocycles. The molecule has 0 spiro atoms. The van der Waals surface area contributed by atoms with E-state index in [-0.39, 0.29) is 12.1 Å². The van der Waals surface area contributed by atoms with E-state index in [2.05, 4.69) is 9.71 Å².